The molecule has 0 bridgehead atoms. The summed E-state index contributed by atoms with van der Waals surface area (Å²) >= 11 is 3.62. The number of nitrogens with one attached hydrogen (secondary N) is 1. The van der Waals surface area contributed by atoms with Crippen molar-refractivity contribution in [1.82, 2.24) is 15.2 Å². The summed E-state index contributed by atoms with van der Waals surface area (Å²) in [6.07, 6.45) is 2.72. The Labute approximate surface area is 117 Å². The van der Waals surface area contributed by atoms with Crippen molar-refractivity contribution in [3.05, 3.63) is 15.9 Å². The third-order valence-electron chi connectivity index (χ3n) is 3.28. The quantitative estimate of drug-likeness (QED) is 0.591. The van der Waals surface area contributed by atoms with Crippen molar-refractivity contribution in [2.75, 3.05) is 7.11 Å². The van der Waals surface area contributed by atoms with Crippen molar-refractivity contribution < 1.29 is 4.74 Å². The fourth-order valence-electron chi connectivity index (χ4n) is 2.16. The van der Waals surface area contributed by atoms with Crippen molar-refractivity contribution in [1.29, 1.82) is 0 Å². The number of hydrogen-bond donors (Lipinski definition) is 2. The van der Waals surface area contributed by atoms with Crippen molar-refractivity contribution in [2.45, 2.75) is 45.3 Å². The number of hydrazine groups is 1. The van der Waals surface area contributed by atoms with Gasteiger partial charge in [0, 0.05) is 20.6 Å². The van der Waals surface area contributed by atoms with E-state index in [1.165, 1.54) is 0 Å². The topological polar surface area (TPSA) is 65.1 Å². The Bertz CT molecular complexity index is 376. The largest absolute Gasteiger partial charge is 0.380 e. The van der Waals surface area contributed by atoms with Gasteiger partial charge in [0.05, 0.1) is 28.0 Å². The molecule has 1 rings (SSSR count). The molecule has 18 heavy (non-hydrogen) atoms. The van der Waals surface area contributed by atoms with Gasteiger partial charge in [0.2, 0.25) is 0 Å². The molecule has 1 aromatic rings. The van der Waals surface area contributed by atoms with Crippen LogP contribution in [-0.4, -0.2) is 29.0 Å². The molecule has 0 aliphatic carbocycles. The molecule has 0 amide bonds. The molecule has 1 aromatic heterocycles. The maximum absolute atomic E-state index is 5.64. The van der Waals surface area contributed by atoms with Crippen molar-refractivity contribution in [3.8, 4) is 0 Å². The fourth-order valence-corrected chi connectivity index (χ4v) is 2.94. The van der Waals surface area contributed by atoms with Crippen LogP contribution in [0.25, 0.3) is 0 Å². The molecule has 104 valence electrons. The van der Waals surface area contributed by atoms with Gasteiger partial charge in [-0.1, -0.05) is 13.8 Å². The van der Waals surface area contributed by atoms with Crippen LogP contribution in [0, 0.1) is 0 Å². The van der Waals surface area contributed by atoms with E-state index in [9.17, 15) is 0 Å². The van der Waals surface area contributed by atoms with Gasteiger partial charge in [0.15, 0.2) is 0 Å². The number of aromatic nitrogens is 2. The summed E-state index contributed by atoms with van der Waals surface area (Å²) in [5.74, 6) is 5.64. The molecule has 0 saturated heterocycles. The smallest absolute Gasteiger partial charge is 0.0766 e. The molecule has 0 fully saturated rings. The van der Waals surface area contributed by atoms with Crippen LogP contribution >= 0.6 is 15.9 Å². The first-order valence-corrected chi connectivity index (χ1v) is 7.07. The molecule has 5 nitrogen and oxygen atoms in total. The molecule has 0 aromatic carbocycles. The molecule has 0 aliphatic rings. The van der Waals surface area contributed by atoms with Crippen LogP contribution in [-0.2, 0) is 24.6 Å². The minimum Gasteiger partial charge on any atom is -0.380 e. The highest BCUT2D eigenvalue weighted by Crippen LogP contribution is 2.23. The van der Waals surface area contributed by atoms with Crippen LogP contribution in [0.3, 0.4) is 0 Å². The predicted molar refractivity (Wildman–Crippen MR) is 76.2 cm³/mol. The summed E-state index contributed by atoms with van der Waals surface area (Å²) in [6, 6.07) is 0.0800. The summed E-state index contributed by atoms with van der Waals surface area (Å²) in [6.45, 7) is 4.19. The second-order valence-electron chi connectivity index (χ2n) is 4.34. The Hall–Kier alpha value is -0.430. The first-order chi connectivity index (χ1) is 8.58. The Morgan fingerprint density at radius 2 is 2.17 bits per heavy atom. The third-order valence-corrected chi connectivity index (χ3v) is 4.20. The second kappa shape index (κ2) is 7.23. The average molecular weight is 319 g/mol. The van der Waals surface area contributed by atoms with Crippen LogP contribution in [0.1, 0.15) is 31.7 Å². The number of hydrogen-bond acceptors (Lipinski definition) is 4. The highest BCUT2D eigenvalue weighted by atomic mass is 79.9. The summed E-state index contributed by atoms with van der Waals surface area (Å²) in [7, 11) is 3.68. The van der Waals surface area contributed by atoms with Gasteiger partial charge in [0.25, 0.3) is 0 Å². The molecule has 0 spiro atoms. The molecular formula is C12H23BrN4O. The van der Waals surface area contributed by atoms with Gasteiger partial charge in [-0.3, -0.25) is 16.0 Å². The summed E-state index contributed by atoms with van der Waals surface area (Å²) in [5.41, 5.74) is 5.07. The van der Waals surface area contributed by atoms with E-state index in [-0.39, 0.29) is 12.1 Å². The summed E-state index contributed by atoms with van der Waals surface area (Å²) < 4.78 is 8.44. The van der Waals surface area contributed by atoms with Gasteiger partial charge in [-0.05, 0) is 28.8 Å². The number of methoxy groups -OCH3 is 1. The molecule has 0 saturated carbocycles. The highest BCUT2D eigenvalue weighted by Gasteiger charge is 2.22. The van der Waals surface area contributed by atoms with Crippen LogP contribution in [0.5, 0.6) is 0 Å². The predicted octanol–water partition coefficient (Wildman–Crippen LogP) is 1.54. The zero-order valence-corrected chi connectivity index (χ0v) is 13.1. The van der Waals surface area contributed by atoms with Gasteiger partial charge in [0.1, 0.15) is 0 Å². The Kier molecular flexibility index (Phi) is 6.28. The average Bonchev–Trinajstić information content (AvgIpc) is 2.65. The number of halogens is 1. The minimum absolute atomic E-state index is 0.0800. The lowest BCUT2D eigenvalue weighted by Gasteiger charge is -2.24. The zero-order valence-electron chi connectivity index (χ0n) is 11.5. The molecule has 3 N–H and O–H groups in total. The van der Waals surface area contributed by atoms with Gasteiger partial charge in [-0.15, -0.1) is 0 Å². The first kappa shape index (κ1) is 15.6. The van der Waals surface area contributed by atoms with E-state index in [4.69, 9.17) is 10.6 Å². The van der Waals surface area contributed by atoms with Crippen LogP contribution in [0.4, 0.5) is 0 Å². The van der Waals surface area contributed by atoms with Crippen LogP contribution in [0.2, 0.25) is 0 Å². The lowest BCUT2D eigenvalue weighted by Crippen LogP contribution is -2.46. The van der Waals surface area contributed by atoms with E-state index in [0.717, 1.165) is 35.1 Å². The lowest BCUT2D eigenvalue weighted by atomic mass is 10.0. The first-order valence-electron chi connectivity index (χ1n) is 6.28. The van der Waals surface area contributed by atoms with Crippen molar-refractivity contribution in [3.63, 3.8) is 0 Å². The molecule has 2 atom stereocenters. The van der Waals surface area contributed by atoms with E-state index in [2.05, 4.69) is 40.3 Å². The van der Waals surface area contributed by atoms with E-state index >= 15 is 0 Å². The summed E-state index contributed by atoms with van der Waals surface area (Å²) in [4.78, 5) is 0. The maximum atomic E-state index is 5.64. The number of rotatable bonds is 7. The number of nitrogens with zero attached hydrogens (tertiary/aromatic N) is 2. The van der Waals surface area contributed by atoms with Gasteiger partial charge < -0.3 is 4.74 Å². The standard InChI is InChI=1S/C12H23BrN4O/c1-5-8-12(13)10(17(3)16-8)7-9(15-14)11(6-2)18-4/h9,11,15H,5-7,14H2,1-4H3. The van der Waals surface area contributed by atoms with Crippen molar-refractivity contribution >= 4 is 15.9 Å². The SMILES string of the molecule is CCc1nn(C)c(CC(NN)C(CC)OC)c1Br. The molecule has 1 heterocycles. The number of aryl methyl sites for hydroxylation is 2. The molecule has 2 unspecified atom stereocenters. The summed E-state index contributed by atoms with van der Waals surface area (Å²) in [5, 5.41) is 4.49. The van der Waals surface area contributed by atoms with Crippen LogP contribution < -0.4 is 11.3 Å². The van der Waals surface area contributed by atoms with E-state index < -0.39 is 0 Å². The van der Waals surface area contributed by atoms with Gasteiger partial charge in [-0.2, -0.15) is 5.10 Å². The van der Waals surface area contributed by atoms with Gasteiger partial charge in [-0.25, -0.2) is 0 Å². The Morgan fingerprint density at radius 3 is 2.56 bits per heavy atom. The third kappa shape index (κ3) is 3.32. The maximum Gasteiger partial charge on any atom is 0.0766 e. The van der Waals surface area contributed by atoms with E-state index in [1.807, 2.05) is 11.7 Å². The second-order valence-corrected chi connectivity index (χ2v) is 5.14. The molecule has 6 heteroatoms. The van der Waals surface area contributed by atoms with Gasteiger partial charge >= 0.3 is 0 Å². The number of ether oxygens (including phenoxy) is 1. The molecule has 0 aliphatic heterocycles. The minimum atomic E-state index is 0.0800. The normalized spacial score (nSPS) is 14.8. The molecular weight excluding hydrogens is 296 g/mol. The van der Waals surface area contributed by atoms with E-state index in [1.54, 1.807) is 7.11 Å². The van der Waals surface area contributed by atoms with Crippen molar-refractivity contribution in [2.24, 2.45) is 12.9 Å². The lowest BCUT2D eigenvalue weighted by molar-refractivity contribution is 0.0647. The Morgan fingerprint density at radius 1 is 1.50 bits per heavy atom. The Balaban J connectivity index is 2.91. The van der Waals surface area contributed by atoms with Crippen LogP contribution in [0.15, 0.2) is 4.47 Å². The molecule has 0 radical (unpaired) electrons. The van der Waals surface area contributed by atoms with E-state index in [0.29, 0.717) is 0 Å². The number of nitrogens with two attached hydrogens (primary N) is 1. The fraction of sp³-hybridized carbons (Fsp3) is 0.750. The zero-order chi connectivity index (χ0) is 13.7. The highest BCUT2D eigenvalue weighted by molar-refractivity contribution is 9.10. The monoisotopic (exact) mass is 318 g/mol.